The van der Waals surface area contributed by atoms with Crippen molar-refractivity contribution in [1.82, 2.24) is 21.3 Å². The van der Waals surface area contributed by atoms with Gasteiger partial charge in [0.15, 0.2) is 8.87 Å². The molecule has 2 aliphatic heterocycles. The van der Waals surface area contributed by atoms with Gasteiger partial charge in [0.05, 0.1) is 12.1 Å². The number of thioether (sulfide) groups is 1. The molecule has 0 bridgehead atoms. The van der Waals surface area contributed by atoms with E-state index in [4.69, 9.17) is 5.11 Å². The van der Waals surface area contributed by atoms with Gasteiger partial charge in [-0.3, -0.25) is 9.59 Å². The van der Waals surface area contributed by atoms with Crippen LogP contribution in [0, 0.1) is 0 Å². The Kier molecular flexibility index (Phi) is 11.8. The first-order valence-corrected chi connectivity index (χ1v) is 15.8. The maximum absolute atomic E-state index is 12.0. The van der Waals surface area contributed by atoms with Crippen molar-refractivity contribution in [3.63, 3.8) is 0 Å². The van der Waals surface area contributed by atoms with Crippen LogP contribution >= 0.6 is 22.6 Å². The lowest BCUT2D eigenvalue weighted by atomic mass is 10.0. The summed E-state index contributed by atoms with van der Waals surface area (Å²) in [6.45, 7) is 0.517. The summed E-state index contributed by atoms with van der Waals surface area (Å²) in [5.74, 6) is -1.04. The molecule has 0 unspecified atom stereocenters. The molecular formula is C20H34N4O7S3. The van der Waals surface area contributed by atoms with Crippen LogP contribution in [0.2, 0.25) is 0 Å². The molecule has 14 heteroatoms. The lowest BCUT2D eigenvalue weighted by Gasteiger charge is -2.16. The number of aliphatic carboxylic acids is 1. The number of rotatable bonds is 16. The normalized spacial score (nSPS) is 22.4. The minimum absolute atomic E-state index is 0.00166. The average Bonchev–Trinajstić information content (AvgIpc) is 3.29. The first kappa shape index (κ1) is 28.6. The third-order valence-corrected chi connectivity index (χ3v) is 9.66. The van der Waals surface area contributed by atoms with Gasteiger partial charge >= 0.3 is 12.0 Å². The van der Waals surface area contributed by atoms with Gasteiger partial charge in [-0.15, -0.1) is 0 Å². The lowest BCUT2D eigenvalue weighted by Crippen LogP contribution is -2.42. The van der Waals surface area contributed by atoms with Crippen molar-refractivity contribution >= 4 is 55.2 Å². The highest BCUT2D eigenvalue weighted by Crippen LogP contribution is 2.33. The summed E-state index contributed by atoms with van der Waals surface area (Å²) in [6.07, 6.45) is 6.22. The van der Waals surface area contributed by atoms with Gasteiger partial charge < -0.3 is 26.4 Å². The van der Waals surface area contributed by atoms with Crippen LogP contribution in [0.4, 0.5) is 4.79 Å². The van der Waals surface area contributed by atoms with Gasteiger partial charge in [0, 0.05) is 42.4 Å². The zero-order valence-corrected chi connectivity index (χ0v) is 21.7. The van der Waals surface area contributed by atoms with Gasteiger partial charge in [-0.25, -0.2) is 18.0 Å². The lowest BCUT2D eigenvalue weighted by molar-refractivity contribution is -0.141. The van der Waals surface area contributed by atoms with E-state index in [0.29, 0.717) is 48.3 Å². The molecule has 0 aromatic heterocycles. The van der Waals surface area contributed by atoms with Crippen LogP contribution in [0.5, 0.6) is 0 Å². The molecule has 11 nitrogen and oxygen atoms in total. The van der Waals surface area contributed by atoms with Crippen molar-refractivity contribution in [3.05, 3.63) is 0 Å². The standard InChI is InChI=1S/C20H34N4O7S3/c1-34(30,31)33-12-14(19(27)28)22-17(26)9-3-2-6-10-21-16(25)8-5-4-7-15-18-13(11-32-15)23-20(29)24-18/h13-15,18H,2-12H2,1H3,(H,21,25)(H,22,26)(H,27,28)(H2,23,24,29)/t13-,14-,15-,18-/m0/s1. The Morgan fingerprint density at radius 1 is 1.12 bits per heavy atom. The smallest absolute Gasteiger partial charge is 0.327 e. The second-order valence-electron chi connectivity index (χ2n) is 8.48. The Morgan fingerprint density at radius 3 is 2.53 bits per heavy atom. The van der Waals surface area contributed by atoms with E-state index in [0.717, 1.165) is 31.3 Å². The van der Waals surface area contributed by atoms with Gasteiger partial charge in [0.2, 0.25) is 11.8 Å². The van der Waals surface area contributed by atoms with E-state index >= 15 is 0 Å². The molecular weight excluding hydrogens is 504 g/mol. The van der Waals surface area contributed by atoms with E-state index in [1.165, 1.54) is 0 Å². The average molecular weight is 539 g/mol. The van der Waals surface area contributed by atoms with E-state index in [1.807, 2.05) is 11.8 Å². The minimum atomic E-state index is -3.39. The predicted molar refractivity (Wildman–Crippen MR) is 132 cm³/mol. The fraction of sp³-hybridized carbons (Fsp3) is 0.800. The highest BCUT2D eigenvalue weighted by atomic mass is 33.1. The van der Waals surface area contributed by atoms with Crippen molar-refractivity contribution in [2.24, 2.45) is 0 Å². The number of fused-ring (bicyclic) bond motifs is 1. The maximum Gasteiger partial charge on any atom is 0.327 e. The van der Waals surface area contributed by atoms with E-state index in [1.54, 1.807) is 0 Å². The summed E-state index contributed by atoms with van der Waals surface area (Å²) >= 11 is 1.87. The number of carbonyl (C=O) groups excluding carboxylic acids is 3. The molecule has 0 aliphatic carbocycles. The van der Waals surface area contributed by atoms with Gasteiger partial charge in [-0.05, 0) is 36.5 Å². The van der Waals surface area contributed by atoms with Crippen molar-refractivity contribution in [2.75, 3.05) is 24.3 Å². The SMILES string of the molecule is CS(=O)(=O)SC[C@H](NC(=O)CCCCCNC(=O)CCCC[C@@H]1SC[C@@H]2NC(=O)N[C@@H]21)C(=O)O. The molecule has 194 valence electrons. The van der Waals surface area contributed by atoms with Gasteiger partial charge in [-0.2, -0.15) is 11.8 Å². The Balaban J connectivity index is 1.46. The van der Waals surface area contributed by atoms with E-state index < -0.39 is 26.8 Å². The van der Waals surface area contributed by atoms with Crippen LogP contribution in [0.1, 0.15) is 51.4 Å². The number of carboxylic acids is 1. The first-order chi connectivity index (χ1) is 16.0. The molecule has 2 saturated heterocycles. The van der Waals surface area contributed by atoms with Crippen LogP contribution < -0.4 is 21.3 Å². The third kappa shape index (κ3) is 10.7. The van der Waals surface area contributed by atoms with Crippen molar-refractivity contribution in [2.45, 2.75) is 74.7 Å². The molecule has 0 radical (unpaired) electrons. The summed E-state index contributed by atoms with van der Waals surface area (Å²) in [4.78, 5) is 46.5. The minimum Gasteiger partial charge on any atom is -0.480 e. The van der Waals surface area contributed by atoms with Crippen molar-refractivity contribution < 1.29 is 32.7 Å². The summed E-state index contributed by atoms with van der Waals surface area (Å²) in [7, 11) is -2.90. The van der Waals surface area contributed by atoms with Gasteiger partial charge in [0.1, 0.15) is 6.04 Å². The van der Waals surface area contributed by atoms with Crippen LogP contribution in [0.15, 0.2) is 0 Å². The molecule has 2 rings (SSSR count). The highest BCUT2D eigenvalue weighted by molar-refractivity contribution is 8.71. The molecule has 0 aromatic carbocycles. The molecule has 2 aliphatic rings. The molecule has 2 fully saturated rings. The zero-order valence-electron chi connectivity index (χ0n) is 19.2. The summed E-state index contributed by atoms with van der Waals surface area (Å²) < 4.78 is 22.3. The monoisotopic (exact) mass is 538 g/mol. The second kappa shape index (κ2) is 14.0. The summed E-state index contributed by atoms with van der Waals surface area (Å²) in [6, 6.07) is -0.939. The second-order valence-corrected chi connectivity index (χ2v) is 14.2. The van der Waals surface area contributed by atoms with E-state index in [2.05, 4.69) is 21.3 Å². The van der Waals surface area contributed by atoms with Crippen molar-refractivity contribution in [3.8, 4) is 0 Å². The molecule has 0 spiro atoms. The van der Waals surface area contributed by atoms with Gasteiger partial charge in [-0.1, -0.05) is 12.8 Å². The highest BCUT2D eigenvalue weighted by Gasteiger charge is 2.42. The van der Waals surface area contributed by atoms with E-state index in [-0.39, 0.29) is 36.2 Å². The number of carboxylic acid groups (broad SMARTS) is 1. The Labute approximate surface area is 208 Å². The largest absolute Gasteiger partial charge is 0.480 e. The van der Waals surface area contributed by atoms with Crippen LogP contribution in [0.3, 0.4) is 0 Å². The summed E-state index contributed by atoms with van der Waals surface area (Å²) in [5.41, 5.74) is 0. The Hall–Kier alpha value is -1.67. The number of hydrogen-bond acceptors (Lipinski definition) is 8. The number of carbonyl (C=O) groups is 4. The van der Waals surface area contributed by atoms with Crippen LogP contribution in [-0.4, -0.2) is 85.0 Å². The maximum atomic E-state index is 12.0. The number of amides is 4. The number of urea groups is 1. The number of unbranched alkanes of at least 4 members (excludes halogenated alkanes) is 3. The fourth-order valence-electron chi connectivity index (χ4n) is 3.81. The zero-order chi connectivity index (χ0) is 25.1. The molecule has 2 heterocycles. The molecule has 34 heavy (non-hydrogen) atoms. The number of nitrogens with one attached hydrogen (secondary N) is 4. The molecule has 0 aromatic rings. The van der Waals surface area contributed by atoms with Crippen molar-refractivity contribution in [1.29, 1.82) is 0 Å². The Morgan fingerprint density at radius 2 is 1.82 bits per heavy atom. The Bertz CT molecular complexity index is 840. The van der Waals surface area contributed by atoms with Crippen LogP contribution in [-0.2, 0) is 23.3 Å². The third-order valence-electron chi connectivity index (χ3n) is 5.57. The fourth-order valence-corrected chi connectivity index (χ4v) is 7.11. The molecule has 5 N–H and O–H groups in total. The van der Waals surface area contributed by atoms with E-state index in [9.17, 15) is 27.6 Å². The van der Waals surface area contributed by atoms with Gasteiger partial charge in [0.25, 0.3) is 0 Å². The molecule has 4 atom stereocenters. The quantitative estimate of drug-likeness (QED) is 0.107. The molecule has 4 amide bonds. The topological polar surface area (TPSA) is 171 Å². The first-order valence-electron chi connectivity index (χ1n) is 11.4. The summed E-state index contributed by atoms with van der Waals surface area (Å²) in [5, 5.41) is 20.6. The predicted octanol–water partition coefficient (Wildman–Crippen LogP) is 0.651. The number of hydrogen-bond donors (Lipinski definition) is 5. The van der Waals surface area contributed by atoms with Crippen LogP contribution in [0.25, 0.3) is 0 Å². The molecule has 0 saturated carbocycles.